The molecule has 266 valence electrons. The third kappa shape index (κ3) is 8.57. The van der Waals surface area contributed by atoms with Crippen LogP contribution in [0.2, 0.25) is 0 Å². The van der Waals surface area contributed by atoms with E-state index in [1.54, 1.807) is 50.2 Å². The first-order chi connectivity index (χ1) is 24.5. The largest absolute Gasteiger partial charge is 0.452 e. The summed E-state index contributed by atoms with van der Waals surface area (Å²) in [4.78, 5) is 59.5. The highest BCUT2D eigenvalue weighted by Gasteiger charge is 2.64. The van der Waals surface area contributed by atoms with Gasteiger partial charge in [0.1, 0.15) is 16.4 Å². The number of carbonyl (C=O) groups is 4. The summed E-state index contributed by atoms with van der Waals surface area (Å²) in [6.07, 6.45) is 3.61. The third-order valence-corrected chi connectivity index (χ3v) is 11.5. The lowest BCUT2D eigenvalue weighted by atomic mass is 9.80. The van der Waals surface area contributed by atoms with Crippen molar-refractivity contribution < 1.29 is 28.7 Å². The highest BCUT2D eigenvalue weighted by atomic mass is 32.2. The van der Waals surface area contributed by atoms with E-state index in [1.807, 2.05) is 103 Å². The maximum Gasteiger partial charge on any atom is 0.426 e. The number of carbonyl (C=O) groups excluding carboxylic acids is 4. The van der Waals surface area contributed by atoms with E-state index in [2.05, 4.69) is 10.4 Å². The number of thioether (sulfide) groups is 2. The van der Waals surface area contributed by atoms with Crippen LogP contribution >= 0.6 is 23.5 Å². The molecule has 4 atom stereocenters. The van der Waals surface area contributed by atoms with Crippen LogP contribution in [0, 0.1) is 0 Å². The number of hydrogen-bond donors (Lipinski definition) is 1. The van der Waals surface area contributed by atoms with Crippen LogP contribution < -0.4 is 5.43 Å². The molecular weight excluding hydrogens is 685 g/mol. The maximum absolute atomic E-state index is 14.7. The van der Waals surface area contributed by atoms with Crippen molar-refractivity contribution in [3.05, 3.63) is 138 Å². The molecule has 12 heteroatoms. The Morgan fingerprint density at radius 1 is 0.902 bits per heavy atom. The summed E-state index contributed by atoms with van der Waals surface area (Å²) in [5.74, 6) is -1.39. The molecule has 0 saturated carbocycles. The molecule has 0 bridgehead atoms. The van der Waals surface area contributed by atoms with Gasteiger partial charge in [-0.15, -0.1) is 23.5 Å². The van der Waals surface area contributed by atoms with E-state index in [9.17, 15) is 19.2 Å². The first-order valence-electron chi connectivity index (χ1n) is 16.5. The fourth-order valence-electron chi connectivity index (χ4n) is 5.98. The zero-order valence-electron chi connectivity index (χ0n) is 29.2. The van der Waals surface area contributed by atoms with Gasteiger partial charge in [0.15, 0.2) is 12.1 Å². The predicted octanol–water partition coefficient (Wildman–Crippen LogP) is 6.60. The minimum atomic E-state index is -1.27. The molecule has 2 aliphatic rings. The van der Waals surface area contributed by atoms with E-state index < -0.39 is 57.0 Å². The van der Waals surface area contributed by atoms with E-state index >= 15 is 0 Å². The molecule has 6 rings (SSSR count). The van der Waals surface area contributed by atoms with Gasteiger partial charge in [0.25, 0.3) is 5.91 Å². The second-order valence-corrected chi connectivity index (χ2v) is 15.4. The molecule has 0 aliphatic carbocycles. The Morgan fingerprint density at radius 3 is 1.88 bits per heavy atom. The van der Waals surface area contributed by atoms with Crippen LogP contribution in [-0.2, 0) is 29.3 Å². The van der Waals surface area contributed by atoms with Crippen LogP contribution in [0.25, 0.3) is 0 Å². The van der Waals surface area contributed by atoms with Gasteiger partial charge in [-0.3, -0.25) is 19.4 Å². The minimum absolute atomic E-state index is 0.0167. The summed E-state index contributed by atoms with van der Waals surface area (Å²) in [6, 6.07) is 33.6. The number of fused-ring (bicyclic) bond motifs is 1. The number of hydrazine groups is 1. The number of benzene rings is 3. The molecule has 0 spiro atoms. The van der Waals surface area contributed by atoms with Crippen LogP contribution in [0.5, 0.6) is 0 Å². The molecule has 2 saturated heterocycles. The molecule has 3 unspecified atom stereocenters. The van der Waals surface area contributed by atoms with Gasteiger partial charge in [-0.25, -0.2) is 15.2 Å². The van der Waals surface area contributed by atoms with Crippen molar-refractivity contribution in [2.75, 3.05) is 12.8 Å². The van der Waals surface area contributed by atoms with Crippen molar-refractivity contribution >= 4 is 47.4 Å². The molecule has 2 aliphatic heterocycles. The van der Waals surface area contributed by atoms with Gasteiger partial charge < -0.3 is 14.4 Å². The van der Waals surface area contributed by atoms with Gasteiger partial charge >= 0.3 is 12.1 Å². The fourth-order valence-corrected chi connectivity index (χ4v) is 8.98. The summed E-state index contributed by atoms with van der Waals surface area (Å²) in [6.45, 7) is 6.41. The van der Waals surface area contributed by atoms with E-state index in [-0.39, 0.29) is 6.54 Å². The zero-order valence-corrected chi connectivity index (χ0v) is 30.8. The second kappa shape index (κ2) is 16.5. The molecular formula is C39H42N4O6S2. The standard InChI is InChI=1S/C33H36N4O6S2.C6H6/c1-21(38)37(35-31(41)43-32(2,3)4)25-27(39)36-20-33(24-16-18-34-19-17-24,30(44-5)45-28(25)36)29(40)42-26(22-12-8-6-9-13-22)23-14-10-7-11-15-23;1-2-4-6-5-3-1/h6-19,25-26,28,30H,20H2,1-5H3,(H,35,41);1-6H/t25?,28-,30?,33?;/m1./s1. The lowest BCUT2D eigenvalue weighted by molar-refractivity contribution is -0.168. The lowest BCUT2D eigenvalue weighted by Gasteiger charge is -2.58. The minimum Gasteiger partial charge on any atom is -0.452 e. The molecule has 1 aromatic heterocycles. The van der Waals surface area contributed by atoms with Crippen LogP contribution in [0.1, 0.15) is 50.5 Å². The van der Waals surface area contributed by atoms with Crippen molar-refractivity contribution in [3.63, 3.8) is 0 Å². The average molecular weight is 727 g/mol. The molecule has 3 amide bonds. The molecule has 3 heterocycles. The molecule has 1 N–H and O–H groups in total. The van der Waals surface area contributed by atoms with Crippen LogP contribution in [-0.4, -0.2) is 73.2 Å². The van der Waals surface area contributed by atoms with Crippen molar-refractivity contribution in [2.24, 2.45) is 0 Å². The number of pyridine rings is 1. The number of hydrogen-bond acceptors (Lipinski definition) is 9. The van der Waals surface area contributed by atoms with E-state index in [4.69, 9.17) is 9.47 Å². The summed E-state index contributed by atoms with van der Waals surface area (Å²) in [5.41, 5.74) is 2.69. The molecule has 10 nitrogen and oxygen atoms in total. The zero-order chi connectivity index (χ0) is 36.6. The fraction of sp³-hybridized carbons (Fsp3) is 0.308. The Labute approximate surface area is 307 Å². The predicted molar refractivity (Wildman–Crippen MR) is 199 cm³/mol. The lowest BCUT2D eigenvalue weighted by Crippen LogP contribution is -2.77. The molecule has 3 aromatic carbocycles. The summed E-state index contributed by atoms with van der Waals surface area (Å²) < 4.78 is 11.4. The summed E-state index contributed by atoms with van der Waals surface area (Å²) in [5, 5.41) is 0.510. The molecule has 51 heavy (non-hydrogen) atoms. The Morgan fingerprint density at radius 2 is 1.41 bits per heavy atom. The Hall–Kier alpha value is -4.81. The number of aromatic nitrogens is 1. The van der Waals surface area contributed by atoms with Crippen molar-refractivity contribution in [3.8, 4) is 0 Å². The summed E-state index contributed by atoms with van der Waals surface area (Å²) in [7, 11) is 0. The van der Waals surface area contributed by atoms with Crippen molar-refractivity contribution in [1.29, 1.82) is 0 Å². The number of amides is 3. The monoisotopic (exact) mass is 726 g/mol. The van der Waals surface area contributed by atoms with Gasteiger partial charge in [0.05, 0.1) is 4.58 Å². The number of nitrogens with one attached hydrogen (secondary N) is 1. The van der Waals surface area contributed by atoms with E-state index in [1.165, 1.54) is 30.4 Å². The van der Waals surface area contributed by atoms with Crippen molar-refractivity contribution in [1.82, 2.24) is 20.3 Å². The number of nitrogens with zero attached hydrogens (tertiary/aromatic N) is 3. The molecule has 4 aromatic rings. The van der Waals surface area contributed by atoms with E-state index in [0.29, 0.717) is 5.56 Å². The second-order valence-electron chi connectivity index (χ2n) is 13.0. The van der Waals surface area contributed by atoms with Crippen LogP contribution in [0.15, 0.2) is 122 Å². The Balaban J connectivity index is 0.000000761. The van der Waals surface area contributed by atoms with E-state index in [0.717, 1.165) is 16.1 Å². The number of ether oxygens (including phenoxy) is 2. The highest BCUT2D eigenvalue weighted by molar-refractivity contribution is 8.17. The quantitative estimate of drug-likeness (QED) is 0.128. The topological polar surface area (TPSA) is 118 Å². The Kier molecular flexibility index (Phi) is 12.1. The van der Waals surface area contributed by atoms with Gasteiger partial charge in [0.2, 0.25) is 5.91 Å². The first-order valence-corrected chi connectivity index (χ1v) is 18.7. The van der Waals surface area contributed by atoms with Crippen molar-refractivity contribution in [2.45, 2.75) is 60.8 Å². The summed E-state index contributed by atoms with van der Waals surface area (Å²) >= 11 is 2.86. The van der Waals surface area contributed by atoms with Gasteiger partial charge in [-0.05, 0) is 55.9 Å². The normalized spacial score (nSPS) is 20.9. The maximum atomic E-state index is 14.7. The van der Waals surface area contributed by atoms with Crippen LogP contribution in [0.3, 0.4) is 0 Å². The highest BCUT2D eigenvalue weighted by Crippen LogP contribution is 2.53. The Bertz CT molecular complexity index is 1710. The smallest absolute Gasteiger partial charge is 0.426 e. The van der Waals surface area contributed by atoms with Gasteiger partial charge in [0, 0.05) is 25.9 Å². The number of β-lactam (4-membered cyclic amide) rings is 1. The average Bonchev–Trinajstić information content (AvgIpc) is 3.14. The van der Waals surface area contributed by atoms with Crippen LogP contribution in [0.4, 0.5) is 4.79 Å². The molecule has 0 radical (unpaired) electrons. The van der Waals surface area contributed by atoms with Gasteiger partial charge in [-0.2, -0.15) is 0 Å². The SMILES string of the molecule is CSC1S[C@@H]2C(N(NC(=O)OC(C)(C)C)C(C)=O)C(=O)N2CC1(C(=O)OC(c1ccccc1)c1ccccc1)c1ccncc1.c1ccccc1. The first kappa shape index (κ1) is 37.4. The number of esters is 1. The number of rotatable bonds is 7. The van der Waals surface area contributed by atoms with Gasteiger partial charge in [-0.1, -0.05) is 97.1 Å². The third-order valence-electron chi connectivity index (χ3n) is 8.30. The molecule has 2 fully saturated rings.